The average molecular weight is 544 g/mol. The molecule has 11 heteroatoms. The highest BCUT2D eigenvalue weighted by atomic mass is 35.5. The van der Waals surface area contributed by atoms with Crippen LogP contribution in [0.2, 0.25) is 5.02 Å². The minimum Gasteiger partial charge on any atom is -0.478 e. The molecule has 2 fully saturated rings. The van der Waals surface area contributed by atoms with Gasteiger partial charge in [0.2, 0.25) is 0 Å². The van der Waals surface area contributed by atoms with Gasteiger partial charge in [0.05, 0.1) is 6.54 Å². The van der Waals surface area contributed by atoms with Gasteiger partial charge in [0.15, 0.2) is 0 Å². The lowest BCUT2D eigenvalue weighted by molar-refractivity contribution is -0.134. The molecule has 1 unspecified atom stereocenters. The molecule has 3 heterocycles. The highest BCUT2D eigenvalue weighted by Gasteiger charge is 2.31. The largest absolute Gasteiger partial charge is 0.478 e. The molecule has 2 N–H and O–H groups in total. The van der Waals surface area contributed by atoms with E-state index in [1.165, 1.54) is 5.56 Å². The maximum absolute atomic E-state index is 11.6. The molecule has 0 aromatic heterocycles. The van der Waals surface area contributed by atoms with Gasteiger partial charge < -0.3 is 24.6 Å². The number of hydrogen-bond donors (Lipinski definition) is 2. The number of cyclic esters (lactones) is 1. The Labute approximate surface area is 225 Å². The van der Waals surface area contributed by atoms with Gasteiger partial charge in [0.25, 0.3) is 0 Å². The number of amides is 1. The second kappa shape index (κ2) is 12.8. The Hall–Kier alpha value is -3.60. The summed E-state index contributed by atoms with van der Waals surface area (Å²) in [7, 11) is 0. The van der Waals surface area contributed by atoms with Gasteiger partial charge in [-0.15, -0.1) is 0 Å². The molecular weight excluding hydrogens is 514 g/mol. The molecule has 0 spiro atoms. The van der Waals surface area contributed by atoms with Crippen molar-refractivity contribution in [2.24, 2.45) is 0 Å². The summed E-state index contributed by atoms with van der Waals surface area (Å²) in [5.41, 5.74) is 2.39. The molecule has 10 nitrogen and oxygen atoms in total. The molecule has 2 aromatic rings. The van der Waals surface area contributed by atoms with E-state index in [-0.39, 0.29) is 12.1 Å². The molecule has 3 aliphatic rings. The fourth-order valence-corrected chi connectivity index (χ4v) is 4.95. The Balaban J connectivity index is 0.000000368. The van der Waals surface area contributed by atoms with E-state index in [2.05, 4.69) is 28.0 Å². The Kier molecular flexibility index (Phi) is 9.22. The van der Waals surface area contributed by atoms with Gasteiger partial charge in [0, 0.05) is 68.0 Å². The van der Waals surface area contributed by atoms with Gasteiger partial charge >= 0.3 is 18.0 Å². The molecule has 202 valence electrons. The lowest BCUT2D eigenvalue weighted by Gasteiger charge is -2.39. The number of halogens is 1. The Morgan fingerprint density at radius 1 is 0.947 bits per heavy atom. The first-order chi connectivity index (χ1) is 18.3. The van der Waals surface area contributed by atoms with Crippen LogP contribution in [0.25, 0.3) is 0 Å². The van der Waals surface area contributed by atoms with Crippen LogP contribution in [0.4, 0.5) is 4.79 Å². The Morgan fingerprint density at radius 3 is 2.32 bits per heavy atom. The lowest BCUT2D eigenvalue weighted by Crippen LogP contribution is -2.49. The second-order valence-electron chi connectivity index (χ2n) is 9.10. The van der Waals surface area contributed by atoms with Crippen LogP contribution in [-0.4, -0.2) is 95.4 Å². The summed E-state index contributed by atoms with van der Waals surface area (Å²) in [5, 5.41) is 16.4. The molecule has 5 rings (SSSR count). The fraction of sp³-hybridized carbons (Fsp3) is 0.370. The van der Waals surface area contributed by atoms with Gasteiger partial charge in [-0.1, -0.05) is 29.8 Å². The standard InChI is InChI=1S/C23H26ClN3O3.C4H4O4/c24-18-5-6-21-17(15-18)16-20(19-3-1-2-4-22(19)30-21)26-10-7-25(8-11-26)9-12-27-13-14-29-23(27)28;5-3(6)1-2-4(7)8/h1-6,15,20H,7-14,16H2;1-2H,(H,5,6)(H,7,8)/b;2-1-. The molecule has 2 saturated heterocycles. The van der Waals surface area contributed by atoms with Crippen molar-refractivity contribution in [2.45, 2.75) is 12.5 Å². The quantitative estimate of drug-likeness (QED) is 0.527. The molecule has 0 bridgehead atoms. The van der Waals surface area contributed by atoms with Gasteiger partial charge in [-0.3, -0.25) is 9.80 Å². The summed E-state index contributed by atoms with van der Waals surface area (Å²) in [5.74, 6) is -0.691. The molecule has 1 amide bonds. The number of rotatable bonds is 6. The number of carbonyl (C=O) groups is 3. The number of ether oxygens (including phenoxy) is 2. The van der Waals surface area contributed by atoms with E-state index in [1.54, 1.807) is 4.90 Å². The molecule has 38 heavy (non-hydrogen) atoms. The van der Waals surface area contributed by atoms with Crippen LogP contribution >= 0.6 is 11.6 Å². The summed E-state index contributed by atoms with van der Waals surface area (Å²) >= 11 is 6.28. The maximum Gasteiger partial charge on any atom is 0.409 e. The first-order valence-electron chi connectivity index (χ1n) is 12.4. The summed E-state index contributed by atoms with van der Waals surface area (Å²) in [6.07, 6.45) is 1.82. The molecule has 0 aliphatic carbocycles. The van der Waals surface area contributed by atoms with E-state index in [1.807, 2.05) is 24.3 Å². The van der Waals surface area contributed by atoms with Crippen molar-refractivity contribution in [1.29, 1.82) is 0 Å². The molecule has 1 atom stereocenters. The number of nitrogens with zero attached hydrogens (tertiary/aromatic N) is 3. The Morgan fingerprint density at radius 2 is 1.66 bits per heavy atom. The van der Waals surface area contributed by atoms with Crippen LogP contribution in [0.5, 0.6) is 11.5 Å². The van der Waals surface area contributed by atoms with Crippen molar-refractivity contribution in [3.63, 3.8) is 0 Å². The van der Waals surface area contributed by atoms with Crippen LogP contribution in [0.1, 0.15) is 17.2 Å². The van der Waals surface area contributed by atoms with Crippen LogP contribution in [0.15, 0.2) is 54.6 Å². The van der Waals surface area contributed by atoms with Crippen molar-refractivity contribution in [1.82, 2.24) is 14.7 Å². The molecule has 0 saturated carbocycles. The normalized spacial score (nSPS) is 19.4. The zero-order valence-electron chi connectivity index (χ0n) is 20.8. The fourth-order valence-electron chi connectivity index (χ4n) is 4.75. The molecule has 0 radical (unpaired) electrons. The minimum absolute atomic E-state index is 0.180. The summed E-state index contributed by atoms with van der Waals surface area (Å²) in [6, 6.07) is 14.5. The zero-order chi connectivity index (χ0) is 27.1. The number of aliphatic carboxylic acids is 2. The summed E-state index contributed by atoms with van der Waals surface area (Å²) in [4.78, 5) is 37.5. The van der Waals surface area contributed by atoms with Gasteiger partial charge in [-0.25, -0.2) is 14.4 Å². The molecule has 2 aromatic carbocycles. The SMILES string of the molecule is O=C(O)/C=C\C(=O)O.O=C1OCCN1CCN1CCN(C2Cc3cc(Cl)ccc3Oc3ccccc32)CC1. The van der Waals surface area contributed by atoms with Crippen molar-refractivity contribution >= 4 is 29.6 Å². The second-order valence-corrected chi connectivity index (χ2v) is 9.54. The minimum atomic E-state index is -1.26. The molecular formula is C27H30ClN3O7. The predicted octanol–water partition coefficient (Wildman–Crippen LogP) is 3.51. The van der Waals surface area contributed by atoms with Crippen LogP contribution in [-0.2, 0) is 20.7 Å². The van der Waals surface area contributed by atoms with E-state index >= 15 is 0 Å². The lowest BCUT2D eigenvalue weighted by atomic mass is 9.96. The van der Waals surface area contributed by atoms with Crippen LogP contribution < -0.4 is 4.74 Å². The highest BCUT2D eigenvalue weighted by molar-refractivity contribution is 6.30. The van der Waals surface area contributed by atoms with Crippen molar-refractivity contribution in [2.75, 3.05) is 52.4 Å². The third kappa shape index (κ3) is 7.25. The predicted molar refractivity (Wildman–Crippen MR) is 140 cm³/mol. The van der Waals surface area contributed by atoms with Crippen LogP contribution in [0, 0.1) is 0 Å². The number of carboxylic acid groups (broad SMARTS) is 2. The zero-order valence-corrected chi connectivity index (χ0v) is 21.5. The van der Waals surface area contributed by atoms with Gasteiger partial charge in [-0.05, 0) is 36.2 Å². The number of fused-ring (bicyclic) bond motifs is 2. The number of benzene rings is 2. The van der Waals surface area contributed by atoms with E-state index in [0.717, 1.165) is 67.8 Å². The smallest absolute Gasteiger partial charge is 0.409 e. The highest BCUT2D eigenvalue weighted by Crippen LogP contribution is 2.41. The van der Waals surface area contributed by atoms with E-state index < -0.39 is 11.9 Å². The van der Waals surface area contributed by atoms with Crippen molar-refractivity contribution in [3.8, 4) is 11.5 Å². The van der Waals surface area contributed by atoms with E-state index in [0.29, 0.717) is 25.3 Å². The third-order valence-corrected chi connectivity index (χ3v) is 6.92. The summed E-state index contributed by atoms with van der Waals surface area (Å²) in [6.45, 7) is 6.81. The maximum atomic E-state index is 11.6. The topological polar surface area (TPSA) is 120 Å². The van der Waals surface area contributed by atoms with Crippen molar-refractivity contribution < 1.29 is 34.1 Å². The first kappa shape index (κ1) is 27.4. The first-order valence-corrected chi connectivity index (χ1v) is 12.7. The number of piperazine rings is 1. The van der Waals surface area contributed by atoms with Gasteiger partial charge in [0.1, 0.15) is 18.1 Å². The van der Waals surface area contributed by atoms with Crippen molar-refractivity contribution in [3.05, 3.63) is 70.8 Å². The monoisotopic (exact) mass is 543 g/mol. The number of para-hydroxylation sites is 1. The van der Waals surface area contributed by atoms with E-state index in [4.69, 9.17) is 31.3 Å². The Bertz CT molecular complexity index is 1180. The number of carboxylic acids is 2. The van der Waals surface area contributed by atoms with E-state index in [9.17, 15) is 14.4 Å². The average Bonchev–Trinajstić information content (AvgIpc) is 3.24. The number of carbonyl (C=O) groups excluding carboxylic acids is 1. The summed E-state index contributed by atoms with van der Waals surface area (Å²) < 4.78 is 11.3. The number of hydrogen-bond acceptors (Lipinski definition) is 7. The van der Waals surface area contributed by atoms with Crippen LogP contribution in [0.3, 0.4) is 0 Å². The third-order valence-electron chi connectivity index (χ3n) is 6.68. The molecule has 3 aliphatic heterocycles. The van der Waals surface area contributed by atoms with Gasteiger partial charge in [-0.2, -0.15) is 0 Å².